The van der Waals surface area contributed by atoms with Gasteiger partial charge in [-0.2, -0.15) is 0 Å². The van der Waals surface area contributed by atoms with Crippen molar-refractivity contribution >= 4 is 28.6 Å². The molecule has 12 heavy (non-hydrogen) atoms. The lowest BCUT2D eigenvalue weighted by Crippen LogP contribution is -2.15. The van der Waals surface area contributed by atoms with Crippen molar-refractivity contribution in [2.24, 2.45) is 0 Å². The largest absolute Gasteiger partial charge is 0.328 e. The molecule has 0 bridgehead atoms. The number of nitrogens with one attached hydrogen (secondary N) is 1. The average molecular weight is 275 g/mol. The smallest absolute Gasteiger partial charge is 0.186 e. The summed E-state index contributed by atoms with van der Waals surface area (Å²) in [5.74, 6) is 0.0987. The topological polar surface area (TPSA) is 29.1 Å². The van der Waals surface area contributed by atoms with E-state index in [-0.39, 0.29) is 5.78 Å². The van der Waals surface area contributed by atoms with Gasteiger partial charge in [-0.05, 0) is 31.1 Å². The molecule has 0 aromatic carbocycles. The molecule has 1 N–H and O–H groups in total. The van der Waals surface area contributed by atoms with E-state index in [1.807, 2.05) is 29.8 Å². The van der Waals surface area contributed by atoms with Crippen molar-refractivity contribution in [2.45, 2.75) is 13.8 Å². The lowest BCUT2D eigenvalue weighted by atomic mass is 9.94. The van der Waals surface area contributed by atoms with Crippen LogP contribution in [0, 0.1) is 0 Å². The molecule has 0 spiro atoms. The summed E-state index contributed by atoms with van der Waals surface area (Å²) in [5, 5.41) is 0. The van der Waals surface area contributed by atoms with Crippen molar-refractivity contribution in [1.29, 1.82) is 0 Å². The fourth-order valence-corrected chi connectivity index (χ4v) is 1.93. The number of rotatable bonds is 1. The third-order valence-electron chi connectivity index (χ3n) is 1.88. The minimum atomic E-state index is 0.0987. The second kappa shape index (κ2) is 3.43. The predicted octanol–water partition coefficient (Wildman–Crippen LogP) is 2.29. The van der Waals surface area contributed by atoms with Crippen LogP contribution in [0.25, 0.3) is 0 Å². The quantitative estimate of drug-likeness (QED) is 0.587. The first-order chi connectivity index (χ1) is 5.57. The minimum absolute atomic E-state index is 0.0987. The number of hydrogen-bond donors (Lipinski definition) is 1. The average Bonchev–Trinajstić information content (AvgIpc) is 2.01. The standard InChI is InChI=1S/C9H10INO/c1-5-4-6(2)9(12)7(3)8(5)11-10/h4,11H,1H2,2-3H3. The number of hydrogen-bond acceptors (Lipinski definition) is 2. The van der Waals surface area contributed by atoms with Crippen molar-refractivity contribution in [2.75, 3.05) is 0 Å². The maximum Gasteiger partial charge on any atom is 0.186 e. The summed E-state index contributed by atoms with van der Waals surface area (Å²) < 4.78 is 2.94. The summed E-state index contributed by atoms with van der Waals surface area (Å²) in [6.45, 7) is 7.46. The molecule has 0 amide bonds. The summed E-state index contributed by atoms with van der Waals surface area (Å²) >= 11 is 2.00. The van der Waals surface area contributed by atoms with Gasteiger partial charge in [0.2, 0.25) is 0 Å². The summed E-state index contributed by atoms with van der Waals surface area (Å²) in [4.78, 5) is 11.4. The Balaban J connectivity index is 3.17. The van der Waals surface area contributed by atoms with E-state index >= 15 is 0 Å². The fourth-order valence-electron chi connectivity index (χ4n) is 1.18. The third-order valence-corrected chi connectivity index (χ3v) is 2.42. The van der Waals surface area contributed by atoms with Crippen LogP contribution in [0.1, 0.15) is 13.8 Å². The van der Waals surface area contributed by atoms with Crippen LogP contribution in [0.3, 0.4) is 0 Å². The zero-order chi connectivity index (χ0) is 9.30. The van der Waals surface area contributed by atoms with Crippen molar-refractivity contribution in [1.82, 2.24) is 3.53 Å². The van der Waals surface area contributed by atoms with E-state index < -0.39 is 0 Å². The van der Waals surface area contributed by atoms with Crippen LogP contribution in [0.5, 0.6) is 0 Å². The summed E-state index contributed by atoms with van der Waals surface area (Å²) in [6.07, 6.45) is 1.80. The first-order valence-corrected chi connectivity index (χ1v) is 4.65. The number of Topliss-reactive ketones (excluding diaryl/α,β-unsaturated/α-hetero) is 1. The van der Waals surface area contributed by atoms with Crippen LogP contribution in [0.15, 0.2) is 35.1 Å². The molecule has 0 aromatic rings. The lowest BCUT2D eigenvalue weighted by molar-refractivity contribution is -0.112. The Bertz CT molecular complexity index is 312. The number of halogens is 1. The number of allylic oxidation sites excluding steroid dienone is 3. The van der Waals surface area contributed by atoms with E-state index in [9.17, 15) is 4.79 Å². The van der Waals surface area contributed by atoms with E-state index in [1.165, 1.54) is 0 Å². The number of carbonyl (C=O) groups excluding carboxylic acids is 1. The van der Waals surface area contributed by atoms with E-state index in [0.717, 1.165) is 22.4 Å². The van der Waals surface area contributed by atoms with Gasteiger partial charge in [0.05, 0.1) is 28.6 Å². The van der Waals surface area contributed by atoms with Gasteiger partial charge in [-0.1, -0.05) is 6.58 Å². The highest BCUT2D eigenvalue weighted by atomic mass is 127. The van der Waals surface area contributed by atoms with Gasteiger partial charge in [-0.3, -0.25) is 4.79 Å². The Hall–Kier alpha value is -0.580. The van der Waals surface area contributed by atoms with Crippen molar-refractivity contribution in [3.05, 3.63) is 35.1 Å². The number of ketones is 1. The molecule has 0 fully saturated rings. The molecule has 0 aromatic heterocycles. The molecule has 0 unspecified atom stereocenters. The van der Waals surface area contributed by atoms with Gasteiger partial charge >= 0.3 is 0 Å². The van der Waals surface area contributed by atoms with Crippen LogP contribution in [-0.2, 0) is 4.79 Å². The van der Waals surface area contributed by atoms with Crippen LogP contribution in [0.2, 0.25) is 0 Å². The Labute approximate surface area is 85.9 Å². The zero-order valence-electron chi connectivity index (χ0n) is 7.07. The highest BCUT2D eigenvalue weighted by Gasteiger charge is 2.18. The summed E-state index contributed by atoms with van der Waals surface area (Å²) in [5.41, 5.74) is 3.22. The first-order valence-electron chi connectivity index (χ1n) is 3.57. The van der Waals surface area contributed by atoms with Gasteiger partial charge in [0.1, 0.15) is 0 Å². The molecule has 0 saturated heterocycles. The van der Waals surface area contributed by atoms with E-state index in [4.69, 9.17) is 0 Å². The molecule has 0 atom stereocenters. The Morgan fingerprint density at radius 1 is 1.50 bits per heavy atom. The molecule has 1 aliphatic rings. The molecular formula is C9H10INO. The lowest BCUT2D eigenvalue weighted by Gasteiger charge is -2.15. The second-order valence-electron chi connectivity index (χ2n) is 2.78. The van der Waals surface area contributed by atoms with Gasteiger partial charge in [-0.25, -0.2) is 0 Å². The molecule has 1 rings (SSSR count). The maximum atomic E-state index is 11.4. The van der Waals surface area contributed by atoms with E-state index in [2.05, 4.69) is 10.1 Å². The van der Waals surface area contributed by atoms with E-state index in [0.29, 0.717) is 0 Å². The fraction of sp³-hybridized carbons (Fsp3) is 0.222. The highest BCUT2D eigenvalue weighted by Crippen LogP contribution is 2.23. The second-order valence-corrected chi connectivity index (χ2v) is 3.32. The molecule has 0 saturated carbocycles. The van der Waals surface area contributed by atoms with Gasteiger partial charge in [0.15, 0.2) is 5.78 Å². The Morgan fingerprint density at radius 3 is 2.58 bits per heavy atom. The van der Waals surface area contributed by atoms with E-state index in [1.54, 1.807) is 13.0 Å². The highest BCUT2D eigenvalue weighted by molar-refractivity contribution is 14.1. The Kier molecular flexibility index (Phi) is 2.72. The van der Waals surface area contributed by atoms with Crippen LogP contribution >= 0.6 is 22.9 Å². The molecule has 3 heteroatoms. The molecule has 0 radical (unpaired) electrons. The summed E-state index contributed by atoms with van der Waals surface area (Å²) in [7, 11) is 0. The normalized spacial score (nSPS) is 18.1. The van der Waals surface area contributed by atoms with Crippen LogP contribution < -0.4 is 3.53 Å². The molecule has 1 aliphatic carbocycles. The van der Waals surface area contributed by atoms with Gasteiger partial charge in [0.25, 0.3) is 0 Å². The van der Waals surface area contributed by atoms with Crippen LogP contribution in [-0.4, -0.2) is 5.78 Å². The maximum absolute atomic E-state index is 11.4. The first kappa shape index (κ1) is 9.51. The zero-order valence-corrected chi connectivity index (χ0v) is 9.23. The molecule has 0 heterocycles. The molecule has 2 nitrogen and oxygen atoms in total. The van der Waals surface area contributed by atoms with Gasteiger partial charge < -0.3 is 3.53 Å². The van der Waals surface area contributed by atoms with Crippen LogP contribution in [0.4, 0.5) is 0 Å². The van der Waals surface area contributed by atoms with Crippen molar-refractivity contribution in [3.8, 4) is 0 Å². The monoisotopic (exact) mass is 275 g/mol. The predicted molar refractivity (Wildman–Crippen MR) is 57.8 cm³/mol. The molecular weight excluding hydrogens is 265 g/mol. The summed E-state index contributed by atoms with van der Waals surface area (Å²) in [6, 6.07) is 0. The third kappa shape index (κ3) is 1.46. The van der Waals surface area contributed by atoms with Crippen molar-refractivity contribution in [3.63, 3.8) is 0 Å². The SMILES string of the molecule is C=C1C=C(C)C(=O)C(C)=C1NI. The minimum Gasteiger partial charge on any atom is -0.328 e. The van der Waals surface area contributed by atoms with Gasteiger partial charge in [0, 0.05) is 5.57 Å². The molecule has 64 valence electrons. The molecule has 0 aliphatic heterocycles. The van der Waals surface area contributed by atoms with Crippen molar-refractivity contribution < 1.29 is 4.79 Å². The Morgan fingerprint density at radius 2 is 2.08 bits per heavy atom. The van der Waals surface area contributed by atoms with Gasteiger partial charge in [-0.15, -0.1) is 0 Å². The number of carbonyl (C=O) groups is 1.